The quantitative estimate of drug-likeness (QED) is 0.0558. The van der Waals surface area contributed by atoms with Crippen LogP contribution >= 0.6 is 0 Å². The van der Waals surface area contributed by atoms with Crippen molar-refractivity contribution < 1.29 is 75.0 Å². The number of aromatic carboxylic acids is 5. The molecule has 15 nitrogen and oxygen atoms in total. The van der Waals surface area contributed by atoms with Crippen LogP contribution in [0.1, 0.15) is 139 Å². The first-order chi connectivity index (χ1) is 29.6. The fourth-order valence-corrected chi connectivity index (χ4v) is 5.38. The van der Waals surface area contributed by atoms with Crippen LogP contribution in [-0.4, -0.2) is 80.9 Å². The maximum atomic E-state index is 10.6. The maximum absolute atomic E-state index is 10.6. The average Bonchev–Trinajstić information content (AvgIpc) is 3.22. The van der Waals surface area contributed by atoms with Crippen molar-refractivity contribution >= 4 is 29.8 Å². The minimum Gasteiger partial charge on any atom is -0.507 e. The third kappa shape index (κ3) is 18.3. The minimum atomic E-state index is -1.11. The second-order valence-electron chi connectivity index (χ2n) is 14.2. The lowest BCUT2D eigenvalue weighted by molar-refractivity contribution is 0.0682. The number of aryl methyl sites for hydroxylation is 4. The van der Waals surface area contributed by atoms with E-state index in [4.69, 9.17) is 35.7 Å². The van der Waals surface area contributed by atoms with Crippen molar-refractivity contribution in [1.82, 2.24) is 0 Å². The van der Waals surface area contributed by atoms with Crippen LogP contribution in [0.3, 0.4) is 0 Å². The normalized spacial score (nSPS) is 9.95. The first-order valence-electron chi connectivity index (χ1n) is 19.8. The molecule has 0 aliphatic heterocycles. The van der Waals surface area contributed by atoms with Crippen LogP contribution in [0.2, 0.25) is 0 Å². The monoisotopic (exact) mass is 872 g/mol. The van der Waals surface area contributed by atoms with Crippen molar-refractivity contribution in [2.24, 2.45) is 0 Å². The summed E-state index contributed by atoms with van der Waals surface area (Å²) in [6.07, 6.45) is 5.57. The van der Waals surface area contributed by atoms with Gasteiger partial charge in [0.25, 0.3) is 0 Å². The lowest BCUT2D eigenvalue weighted by atomic mass is 10.0. The van der Waals surface area contributed by atoms with Crippen LogP contribution in [0, 0.1) is 6.92 Å². The van der Waals surface area contributed by atoms with Crippen molar-refractivity contribution in [2.75, 3.05) is 0 Å². The van der Waals surface area contributed by atoms with Gasteiger partial charge in [0.2, 0.25) is 0 Å². The molecule has 0 bridgehead atoms. The van der Waals surface area contributed by atoms with E-state index in [1.54, 1.807) is 37.3 Å². The summed E-state index contributed by atoms with van der Waals surface area (Å²) in [5.74, 6) is -6.06. The molecule has 0 aromatic heterocycles. The molecule has 0 spiro atoms. The molecule has 0 saturated carbocycles. The molecule has 10 N–H and O–H groups in total. The molecule has 0 aliphatic rings. The lowest BCUT2D eigenvalue weighted by Gasteiger charge is -2.06. The van der Waals surface area contributed by atoms with Crippen molar-refractivity contribution in [2.45, 2.75) is 86.0 Å². The Labute approximate surface area is 365 Å². The minimum absolute atomic E-state index is 0.0223. The van der Waals surface area contributed by atoms with E-state index in [1.165, 1.54) is 60.7 Å². The molecule has 0 fully saturated rings. The summed E-state index contributed by atoms with van der Waals surface area (Å²) in [5, 5.41) is 89.2. The zero-order valence-electron chi connectivity index (χ0n) is 36.0. The molecule has 5 aromatic carbocycles. The number of rotatable bonds is 12. The first-order valence-corrected chi connectivity index (χ1v) is 19.8. The molecule has 5 rings (SSSR count). The molecule has 0 atom stereocenters. The van der Waals surface area contributed by atoms with Gasteiger partial charge in [0.05, 0.1) is 0 Å². The van der Waals surface area contributed by atoms with E-state index in [0.29, 0.717) is 0 Å². The number of unbranched alkanes of at least 4 members (excludes halogenated alkanes) is 1. The average molecular weight is 873 g/mol. The van der Waals surface area contributed by atoms with E-state index in [9.17, 15) is 39.3 Å². The zero-order chi connectivity index (χ0) is 48.0. The number of carbonyl (C=O) groups is 5. The predicted octanol–water partition coefficient (Wildman–Crippen LogP) is 9.74. The molecular weight excluding hydrogens is 817 g/mol. The van der Waals surface area contributed by atoms with Crippen LogP contribution in [0.5, 0.6) is 28.7 Å². The second kappa shape index (κ2) is 26.6. The standard InChI is InChI=1S/C11H14O3.2C10H12O3.C9H10O3.C8H8O3/c1-2-3-4-8-5-6-9(11(13)14)10(12)7-8;1-6(2)7-3-4-8(10(12)13)9(11)5-7;1-2-3-7-4-5-9(11)8(6-7)10(12)13;1-2-6-3-4-8(10)7(5-6)9(11)12;1-5-2-3-7(9)6(4-5)8(10)11/h5-7,12H,2-4H2,1H3,(H,13,14);3-6,11H,1-2H3,(H,12,13);4-6,11H,2-3H2,1H3,(H,12,13);3-5,10H,2H2,1H3,(H,11,12);2-4,9H,1H3,(H,10,11). The topological polar surface area (TPSA) is 288 Å². The van der Waals surface area contributed by atoms with Gasteiger partial charge in [0.1, 0.15) is 56.6 Å². The number of phenols is 5. The van der Waals surface area contributed by atoms with Crippen molar-refractivity contribution in [1.29, 1.82) is 0 Å². The molecule has 5 aromatic rings. The van der Waals surface area contributed by atoms with Gasteiger partial charge in [0.15, 0.2) is 0 Å². The van der Waals surface area contributed by atoms with Crippen molar-refractivity contribution in [3.05, 3.63) is 147 Å². The second-order valence-corrected chi connectivity index (χ2v) is 14.2. The molecule has 0 heterocycles. The molecule has 0 saturated heterocycles. The van der Waals surface area contributed by atoms with Crippen molar-refractivity contribution in [3.8, 4) is 28.7 Å². The van der Waals surface area contributed by atoms with Crippen LogP contribution in [0.25, 0.3) is 0 Å². The summed E-state index contributed by atoms with van der Waals surface area (Å²) in [4.78, 5) is 52.7. The number of aromatic hydroxyl groups is 5. The molecular formula is C48H56O15. The van der Waals surface area contributed by atoms with Crippen LogP contribution in [-0.2, 0) is 19.3 Å². The smallest absolute Gasteiger partial charge is 0.339 e. The van der Waals surface area contributed by atoms with E-state index in [0.717, 1.165) is 66.3 Å². The Bertz CT molecular complexity index is 2330. The molecule has 0 amide bonds. The lowest BCUT2D eigenvalue weighted by Crippen LogP contribution is -1.98. The Morgan fingerprint density at radius 1 is 0.429 bits per heavy atom. The fraction of sp³-hybridized carbons (Fsp3) is 0.271. The summed E-state index contributed by atoms with van der Waals surface area (Å²) >= 11 is 0. The SMILES string of the molecule is CC(C)c1ccc(C(=O)O)c(O)c1.CCCCc1ccc(C(=O)O)c(O)c1.CCCc1ccc(O)c(C(=O)O)c1.CCc1ccc(O)c(C(=O)O)c1.Cc1ccc(O)c(C(=O)O)c1. The van der Waals surface area contributed by atoms with Gasteiger partial charge in [-0.25, -0.2) is 24.0 Å². The summed E-state index contributed by atoms with van der Waals surface area (Å²) in [7, 11) is 0. The van der Waals surface area contributed by atoms with Gasteiger partial charge >= 0.3 is 29.8 Å². The highest BCUT2D eigenvalue weighted by Gasteiger charge is 2.13. The van der Waals surface area contributed by atoms with Gasteiger partial charge in [-0.1, -0.05) is 83.4 Å². The summed E-state index contributed by atoms with van der Waals surface area (Å²) in [6, 6.07) is 23.1. The first kappa shape index (κ1) is 53.5. The van der Waals surface area contributed by atoms with Crippen LogP contribution < -0.4 is 0 Å². The Balaban J connectivity index is 0.000000395. The number of hydrogen-bond acceptors (Lipinski definition) is 10. The van der Waals surface area contributed by atoms with Crippen molar-refractivity contribution in [3.63, 3.8) is 0 Å². The fourth-order valence-electron chi connectivity index (χ4n) is 5.38. The molecule has 0 aliphatic carbocycles. The number of carboxylic acid groups (broad SMARTS) is 5. The summed E-state index contributed by atoms with van der Waals surface area (Å²) in [6.45, 7) is 11.8. The molecule has 63 heavy (non-hydrogen) atoms. The van der Waals surface area contributed by atoms with E-state index < -0.39 is 29.8 Å². The Morgan fingerprint density at radius 3 is 1.22 bits per heavy atom. The molecule has 338 valence electrons. The van der Waals surface area contributed by atoms with E-state index in [2.05, 4.69) is 6.92 Å². The third-order valence-corrected chi connectivity index (χ3v) is 8.94. The number of carboxylic acids is 5. The Hall–Kier alpha value is -7.55. The van der Waals surface area contributed by atoms with Gasteiger partial charge in [-0.3, -0.25) is 0 Å². The Morgan fingerprint density at radius 2 is 0.825 bits per heavy atom. The Kier molecular flexibility index (Phi) is 22.6. The number of hydrogen-bond donors (Lipinski definition) is 10. The van der Waals surface area contributed by atoms with E-state index >= 15 is 0 Å². The summed E-state index contributed by atoms with van der Waals surface area (Å²) in [5.41, 5.74) is 4.39. The molecule has 0 radical (unpaired) electrons. The molecule has 0 unspecified atom stereocenters. The largest absolute Gasteiger partial charge is 0.507 e. The highest BCUT2D eigenvalue weighted by molar-refractivity contribution is 5.93. The van der Waals surface area contributed by atoms with E-state index in [1.807, 2.05) is 27.7 Å². The van der Waals surface area contributed by atoms with Gasteiger partial charge < -0.3 is 51.1 Å². The van der Waals surface area contributed by atoms with E-state index in [-0.39, 0.29) is 62.5 Å². The van der Waals surface area contributed by atoms with Crippen LogP contribution in [0.15, 0.2) is 91.0 Å². The summed E-state index contributed by atoms with van der Waals surface area (Å²) < 4.78 is 0. The zero-order valence-corrected chi connectivity index (χ0v) is 36.0. The molecule has 15 heteroatoms. The van der Waals surface area contributed by atoms with Gasteiger partial charge in [0, 0.05) is 0 Å². The highest BCUT2D eigenvalue weighted by Crippen LogP contribution is 2.24. The van der Waals surface area contributed by atoms with Crippen LogP contribution in [0.4, 0.5) is 0 Å². The number of benzene rings is 5. The van der Waals surface area contributed by atoms with Gasteiger partial charge in [-0.2, -0.15) is 0 Å². The highest BCUT2D eigenvalue weighted by atomic mass is 16.4. The maximum Gasteiger partial charge on any atom is 0.339 e. The third-order valence-electron chi connectivity index (χ3n) is 8.94. The predicted molar refractivity (Wildman–Crippen MR) is 236 cm³/mol. The van der Waals surface area contributed by atoms with Gasteiger partial charge in [-0.05, 0) is 121 Å². The van der Waals surface area contributed by atoms with Gasteiger partial charge in [-0.15, -0.1) is 0 Å².